The molecule has 1 aliphatic carbocycles. The Morgan fingerprint density at radius 3 is 2.76 bits per heavy atom. The van der Waals surface area contributed by atoms with Gasteiger partial charge in [-0.05, 0) is 68.8 Å². The molecule has 136 valence electrons. The normalized spacial score (nSPS) is 27.4. The fraction of sp³-hybridized carbons (Fsp3) is 0.650. The minimum atomic E-state index is 0.108. The highest BCUT2D eigenvalue weighted by molar-refractivity contribution is 5.83. The summed E-state index contributed by atoms with van der Waals surface area (Å²) in [4.78, 5) is 15.4. The van der Waals surface area contributed by atoms with Crippen molar-refractivity contribution in [2.24, 2.45) is 11.3 Å². The van der Waals surface area contributed by atoms with E-state index >= 15 is 0 Å². The molecular formula is C20H28N2O3. The van der Waals surface area contributed by atoms with Crippen LogP contribution in [0.4, 0.5) is 0 Å². The van der Waals surface area contributed by atoms with Crippen molar-refractivity contribution in [2.75, 3.05) is 33.9 Å². The molecule has 2 unspecified atom stereocenters. The molecule has 2 saturated heterocycles. The lowest BCUT2D eigenvalue weighted by molar-refractivity contribution is -0.134. The van der Waals surface area contributed by atoms with Gasteiger partial charge >= 0.3 is 0 Å². The average molecular weight is 344 g/mol. The second-order valence-electron chi connectivity index (χ2n) is 7.67. The molecular weight excluding hydrogens is 316 g/mol. The van der Waals surface area contributed by atoms with Crippen LogP contribution in [0, 0.1) is 11.3 Å². The number of benzene rings is 1. The molecule has 1 N–H and O–H groups in total. The van der Waals surface area contributed by atoms with Crippen LogP contribution in [0.5, 0.6) is 11.5 Å². The summed E-state index contributed by atoms with van der Waals surface area (Å²) in [5.41, 5.74) is 1.36. The molecule has 5 heteroatoms. The number of carbonyl (C=O) groups excluding carboxylic acids is 1. The van der Waals surface area contributed by atoms with Crippen LogP contribution in [-0.4, -0.2) is 44.7 Å². The quantitative estimate of drug-likeness (QED) is 0.912. The molecule has 3 aliphatic rings. The monoisotopic (exact) mass is 344 g/mol. The van der Waals surface area contributed by atoms with Gasteiger partial charge in [0.25, 0.3) is 0 Å². The summed E-state index contributed by atoms with van der Waals surface area (Å²) in [5, 5.41) is 3.42. The summed E-state index contributed by atoms with van der Waals surface area (Å²) in [6, 6.07) is 5.99. The predicted molar refractivity (Wildman–Crippen MR) is 95.9 cm³/mol. The number of amides is 1. The number of methoxy groups -OCH3 is 2. The molecule has 2 atom stereocenters. The van der Waals surface area contributed by atoms with E-state index in [0.29, 0.717) is 5.91 Å². The van der Waals surface area contributed by atoms with Gasteiger partial charge < -0.3 is 19.7 Å². The van der Waals surface area contributed by atoms with Crippen LogP contribution in [-0.2, 0) is 4.79 Å². The Bertz CT molecular complexity index is 654. The van der Waals surface area contributed by atoms with Crippen molar-refractivity contribution in [1.29, 1.82) is 0 Å². The van der Waals surface area contributed by atoms with Gasteiger partial charge in [-0.15, -0.1) is 0 Å². The van der Waals surface area contributed by atoms with Crippen LogP contribution in [0.3, 0.4) is 0 Å². The van der Waals surface area contributed by atoms with E-state index in [0.717, 1.165) is 68.8 Å². The van der Waals surface area contributed by atoms with Gasteiger partial charge in [-0.3, -0.25) is 4.79 Å². The number of hydrogen-bond acceptors (Lipinski definition) is 4. The van der Waals surface area contributed by atoms with Crippen LogP contribution < -0.4 is 14.8 Å². The highest BCUT2D eigenvalue weighted by Crippen LogP contribution is 2.60. The minimum absolute atomic E-state index is 0.108. The summed E-state index contributed by atoms with van der Waals surface area (Å²) in [6.45, 7) is 2.96. The number of nitrogens with zero attached hydrogens (tertiary/aromatic N) is 1. The van der Waals surface area contributed by atoms with Crippen molar-refractivity contribution < 1.29 is 14.3 Å². The largest absolute Gasteiger partial charge is 0.497 e. The zero-order valence-corrected chi connectivity index (χ0v) is 15.2. The van der Waals surface area contributed by atoms with Gasteiger partial charge in [0.1, 0.15) is 11.5 Å². The minimum Gasteiger partial charge on any atom is -0.497 e. The van der Waals surface area contributed by atoms with Crippen molar-refractivity contribution in [3.8, 4) is 11.5 Å². The van der Waals surface area contributed by atoms with Crippen molar-refractivity contribution in [3.63, 3.8) is 0 Å². The van der Waals surface area contributed by atoms with Gasteiger partial charge in [-0.1, -0.05) is 0 Å². The number of nitrogens with one attached hydrogen (secondary N) is 1. The summed E-state index contributed by atoms with van der Waals surface area (Å²) in [5.74, 6) is 2.25. The summed E-state index contributed by atoms with van der Waals surface area (Å²) in [7, 11) is 3.37. The summed E-state index contributed by atoms with van der Waals surface area (Å²) < 4.78 is 11.0. The van der Waals surface area contributed by atoms with Crippen LogP contribution in [0.15, 0.2) is 18.2 Å². The fourth-order valence-corrected chi connectivity index (χ4v) is 4.83. The number of rotatable bonds is 4. The van der Waals surface area contributed by atoms with Crippen LogP contribution in [0.2, 0.25) is 0 Å². The van der Waals surface area contributed by atoms with Gasteiger partial charge in [-0.25, -0.2) is 0 Å². The smallest absolute Gasteiger partial charge is 0.226 e. The molecule has 4 rings (SSSR count). The third-order valence-electron chi connectivity index (χ3n) is 6.42. The zero-order valence-electron chi connectivity index (χ0n) is 15.2. The maximum atomic E-state index is 13.3. The van der Waals surface area contributed by atoms with Crippen molar-refractivity contribution in [3.05, 3.63) is 23.8 Å². The lowest BCUT2D eigenvalue weighted by Crippen LogP contribution is -2.36. The first-order chi connectivity index (χ1) is 12.2. The number of hydrogen-bond donors (Lipinski definition) is 1. The fourth-order valence-electron chi connectivity index (χ4n) is 4.83. The molecule has 2 aliphatic heterocycles. The maximum absolute atomic E-state index is 13.3. The van der Waals surface area contributed by atoms with Gasteiger partial charge in [0.05, 0.1) is 20.3 Å². The SMILES string of the molecule is COc1ccc(OC)c(C2CCCN2C(=O)C2CC23CCNCC3)c1. The summed E-state index contributed by atoms with van der Waals surface area (Å²) >= 11 is 0. The third-order valence-corrected chi connectivity index (χ3v) is 6.42. The number of ether oxygens (including phenoxy) is 2. The van der Waals surface area contributed by atoms with Crippen molar-refractivity contribution >= 4 is 5.91 Å². The molecule has 0 aromatic heterocycles. The Kier molecular flexibility index (Phi) is 4.36. The van der Waals surface area contributed by atoms with E-state index in [4.69, 9.17) is 9.47 Å². The first-order valence-corrected chi connectivity index (χ1v) is 9.42. The molecule has 1 aromatic rings. The molecule has 1 amide bonds. The Labute approximate surface area is 149 Å². The first-order valence-electron chi connectivity index (χ1n) is 9.42. The standard InChI is InChI=1S/C20H28N2O3/c1-24-14-5-6-18(25-2)15(12-14)17-4-3-11-22(17)19(23)16-13-20(16)7-9-21-10-8-20/h5-6,12,16-17,21H,3-4,7-11,13H2,1-2H3. The third kappa shape index (κ3) is 2.88. The van der Waals surface area contributed by atoms with Gasteiger partial charge in [0.2, 0.25) is 5.91 Å². The van der Waals surface area contributed by atoms with E-state index in [1.165, 1.54) is 0 Å². The maximum Gasteiger partial charge on any atom is 0.226 e. The second kappa shape index (κ2) is 6.52. The number of likely N-dealkylation sites (tertiary alicyclic amines) is 1. The Hall–Kier alpha value is -1.75. The van der Waals surface area contributed by atoms with Crippen molar-refractivity contribution in [2.45, 2.75) is 38.1 Å². The lowest BCUT2D eigenvalue weighted by atomic mass is 9.91. The van der Waals surface area contributed by atoms with E-state index in [1.54, 1.807) is 14.2 Å². The van der Waals surface area contributed by atoms with E-state index in [9.17, 15) is 4.79 Å². The molecule has 25 heavy (non-hydrogen) atoms. The molecule has 1 aromatic carbocycles. The predicted octanol–water partition coefficient (Wildman–Crippen LogP) is 2.76. The first kappa shape index (κ1) is 16.7. The van der Waals surface area contributed by atoms with E-state index in [2.05, 4.69) is 10.2 Å². The van der Waals surface area contributed by atoms with Gasteiger partial charge in [-0.2, -0.15) is 0 Å². The van der Waals surface area contributed by atoms with E-state index in [1.807, 2.05) is 18.2 Å². The second-order valence-corrected chi connectivity index (χ2v) is 7.67. The zero-order chi connectivity index (χ0) is 17.4. The molecule has 1 spiro atoms. The molecule has 0 bridgehead atoms. The molecule has 3 fully saturated rings. The van der Waals surface area contributed by atoms with Gasteiger partial charge in [0.15, 0.2) is 0 Å². The Morgan fingerprint density at radius 2 is 2.04 bits per heavy atom. The van der Waals surface area contributed by atoms with Crippen LogP contribution >= 0.6 is 0 Å². The highest BCUT2D eigenvalue weighted by Gasteiger charge is 2.59. The van der Waals surface area contributed by atoms with Crippen LogP contribution in [0.25, 0.3) is 0 Å². The Morgan fingerprint density at radius 1 is 1.24 bits per heavy atom. The number of carbonyl (C=O) groups is 1. The van der Waals surface area contributed by atoms with Crippen LogP contribution in [0.1, 0.15) is 43.7 Å². The lowest BCUT2D eigenvalue weighted by Gasteiger charge is -2.29. The average Bonchev–Trinajstić information content (AvgIpc) is 3.12. The Balaban J connectivity index is 1.56. The molecule has 1 saturated carbocycles. The van der Waals surface area contributed by atoms with E-state index in [-0.39, 0.29) is 17.4 Å². The number of piperidine rings is 1. The van der Waals surface area contributed by atoms with Gasteiger partial charge in [0, 0.05) is 18.0 Å². The molecule has 0 radical (unpaired) electrons. The van der Waals surface area contributed by atoms with Crippen molar-refractivity contribution in [1.82, 2.24) is 10.2 Å². The topological polar surface area (TPSA) is 50.8 Å². The van der Waals surface area contributed by atoms with E-state index < -0.39 is 0 Å². The molecule has 5 nitrogen and oxygen atoms in total. The highest BCUT2D eigenvalue weighted by atomic mass is 16.5. The molecule has 2 heterocycles. The summed E-state index contributed by atoms with van der Waals surface area (Å²) in [6.07, 6.45) is 5.41.